The van der Waals surface area contributed by atoms with Gasteiger partial charge in [-0.3, -0.25) is 4.90 Å². The predicted octanol–water partition coefficient (Wildman–Crippen LogP) is 2.71. The lowest BCUT2D eigenvalue weighted by atomic mass is 10.1. The van der Waals surface area contributed by atoms with Gasteiger partial charge in [0, 0.05) is 18.5 Å². The number of fused-ring (bicyclic) bond motifs is 1. The molecular weight excluding hydrogens is 224 g/mol. The normalized spacial score (nSPS) is 22.2. The van der Waals surface area contributed by atoms with Crippen LogP contribution in [0.4, 0.5) is 0 Å². The zero-order valence-electron chi connectivity index (χ0n) is 11.1. The summed E-state index contributed by atoms with van der Waals surface area (Å²) in [6.07, 6.45) is 1.11. The number of nitrogens with zero attached hydrogens (tertiary/aromatic N) is 1. The lowest BCUT2D eigenvalue weighted by Crippen LogP contribution is -2.26. The summed E-state index contributed by atoms with van der Waals surface area (Å²) >= 11 is 0. The number of hydrogen-bond acceptors (Lipinski definition) is 3. The van der Waals surface area contributed by atoms with Crippen molar-refractivity contribution >= 4 is 11.0 Å². The fourth-order valence-corrected chi connectivity index (χ4v) is 2.70. The second-order valence-electron chi connectivity index (χ2n) is 5.23. The fourth-order valence-electron chi connectivity index (χ4n) is 2.70. The Morgan fingerprint density at radius 3 is 3.06 bits per heavy atom. The first kappa shape index (κ1) is 11.8. The second kappa shape index (κ2) is 4.75. The molecule has 18 heavy (non-hydrogen) atoms. The maximum absolute atomic E-state index is 6.02. The highest BCUT2D eigenvalue weighted by Crippen LogP contribution is 2.30. The zero-order valence-corrected chi connectivity index (χ0v) is 11.1. The van der Waals surface area contributed by atoms with E-state index in [0.717, 1.165) is 37.4 Å². The number of rotatable bonds is 1. The molecule has 1 aromatic heterocycles. The van der Waals surface area contributed by atoms with E-state index in [0.29, 0.717) is 6.04 Å². The van der Waals surface area contributed by atoms with Crippen LogP contribution in [0.3, 0.4) is 0 Å². The summed E-state index contributed by atoms with van der Waals surface area (Å²) in [5, 5.41) is 4.66. The molecule has 0 aliphatic carbocycles. The third-order valence-electron chi connectivity index (χ3n) is 3.79. The van der Waals surface area contributed by atoms with E-state index in [4.69, 9.17) is 4.42 Å². The van der Waals surface area contributed by atoms with Crippen LogP contribution in [0.5, 0.6) is 0 Å². The first-order valence-electron chi connectivity index (χ1n) is 6.65. The van der Waals surface area contributed by atoms with E-state index in [-0.39, 0.29) is 0 Å². The molecular formula is C15H20N2O. The van der Waals surface area contributed by atoms with E-state index < -0.39 is 0 Å². The van der Waals surface area contributed by atoms with Crippen LogP contribution in [-0.4, -0.2) is 31.6 Å². The summed E-state index contributed by atoms with van der Waals surface area (Å²) in [6.45, 7) is 5.31. The standard InChI is InChI=1S/C15H20N2O/c1-11-3-4-14-12(9-11)10-15(18-14)13-5-6-16-7-8-17(13)2/h3-4,9-10,13,16H,5-8H2,1-2H3. The maximum Gasteiger partial charge on any atom is 0.134 e. The molecule has 0 amide bonds. The van der Waals surface area contributed by atoms with Crippen molar-refractivity contribution in [3.05, 3.63) is 35.6 Å². The summed E-state index contributed by atoms with van der Waals surface area (Å²) < 4.78 is 6.02. The monoisotopic (exact) mass is 244 g/mol. The van der Waals surface area contributed by atoms with Crippen molar-refractivity contribution in [3.63, 3.8) is 0 Å². The lowest BCUT2D eigenvalue weighted by molar-refractivity contribution is 0.229. The number of furan rings is 1. The van der Waals surface area contributed by atoms with E-state index in [1.807, 2.05) is 0 Å². The predicted molar refractivity (Wildman–Crippen MR) is 73.8 cm³/mol. The van der Waals surface area contributed by atoms with Gasteiger partial charge >= 0.3 is 0 Å². The van der Waals surface area contributed by atoms with Gasteiger partial charge in [0.05, 0.1) is 6.04 Å². The summed E-state index contributed by atoms with van der Waals surface area (Å²) in [6, 6.07) is 8.97. The van der Waals surface area contributed by atoms with Crippen molar-refractivity contribution in [2.45, 2.75) is 19.4 Å². The minimum absolute atomic E-state index is 0.396. The Morgan fingerprint density at radius 2 is 2.17 bits per heavy atom. The van der Waals surface area contributed by atoms with Gasteiger partial charge in [-0.15, -0.1) is 0 Å². The number of benzene rings is 1. The Kier molecular flexibility index (Phi) is 3.10. The van der Waals surface area contributed by atoms with Crippen molar-refractivity contribution < 1.29 is 4.42 Å². The summed E-state index contributed by atoms with van der Waals surface area (Å²) in [5.41, 5.74) is 2.28. The van der Waals surface area contributed by atoms with Gasteiger partial charge in [0.25, 0.3) is 0 Å². The van der Waals surface area contributed by atoms with E-state index >= 15 is 0 Å². The lowest BCUT2D eigenvalue weighted by Gasteiger charge is -2.22. The average Bonchev–Trinajstić information content (AvgIpc) is 2.63. The van der Waals surface area contributed by atoms with Crippen molar-refractivity contribution in [2.24, 2.45) is 0 Å². The Bertz CT molecular complexity index is 546. The van der Waals surface area contributed by atoms with Crippen molar-refractivity contribution in [3.8, 4) is 0 Å². The molecule has 1 N–H and O–H groups in total. The molecule has 1 fully saturated rings. The minimum Gasteiger partial charge on any atom is -0.459 e. The molecule has 1 unspecified atom stereocenters. The van der Waals surface area contributed by atoms with Gasteiger partial charge < -0.3 is 9.73 Å². The highest BCUT2D eigenvalue weighted by atomic mass is 16.3. The largest absolute Gasteiger partial charge is 0.459 e. The van der Waals surface area contributed by atoms with Crippen LogP contribution in [0.25, 0.3) is 11.0 Å². The molecule has 0 radical (unpaired) electrons. The number of aryl methyl sites for hydroxylation is 1. The van der Waals surface area contributed by atoms with E-state index in [9.17, 15) is 0 Å². The maximum atomic E-state index is 6.02. The Morgan fingerprint density at radius 1 is 1.28 bits per heavy atom. The van der Waals surface area contributed by atoms with Crippen LogP contribution >= 0.6 is 0 Å². The number of likely N-dealkylation sites (N-methyl/N-ethyl adjacent to an activating group) is 1. The van der Waals surface area contributed by atoms with Crippen LogP contribution in [0.1, 0.15) is 23.8 Å². The topological polar surface area (TPSA) is 28.4 Å². The third-order valence-corrected chi connectivity index (χ3v) is 3.79. The van der Waals surface area contributed by atoms with Gasteiger partial charge in [0.2, 0.25) is 0 Å². The van der Waals surface area contributed by atoms with Crippen LogP contribution in [0, 0.1) is 6.92 Å². The summed E-state index contributed by atoms with van der Waals surface area (Å²) in [4.78, 5) is 2.38. The SMILES string of the molecule is Cc1ccc2oc(C3CCNCCN3C)cc2c1. The summed E-state index contributed by atoms with van der Waals surface area (Å²) in [7, 11) is 2.18. The number of hydrogen-bond donors (Lipinski definition) is 1. The molecule has 96 valence electrons. The molecule has 3 nitrogen and oxygen atoms in total. The van der Waals surface area contributed by atoms with Crippen molar-refractivity contribution in [2.75, 3.05) is 26.7 Å². The molecule has 0 saturated carbocycles. The van der Waals surface area contributed by atoms with Gasteiger partial charge in [0.1, 0.15) is 11.3 Å². The molecule has 2 heterocycles. The molecule has 0 spiro atoms. The summed E-state index contributed by atoms with van der Waals surface area (Å²) in [5.74, 6) is 1.10. The number of nitrogens with one attached hydrogen (secondary N) is 1. The minimum atomic E-state index is 0.396. The Balaban J connectivity index is 1.97. The van der Waals surface area contributed by atoms with Crippen LogP contribution in [0.15, 0.2) is 28.7 Å². The van der Waals surface area contributed by atoms with E-state index in [1.54, 1.807) is 0 Å². The highest BCUT2D eigenvalue weighted by Gasteiger charge is 2.22. The molecule has 0 bridgehead atoms. The quantitative estimate of drug-likeness (QED) is 0.836. The van der Waals surface area contributed by atoms with Gasteiger partial charge in [-0.2, -0.15) is 0 Å². The molecule has 1 aromatic carbocycles. The van der Waals surface area contributed by atoms with Gasteiger partial charge in [0.15, 0.2) is 0 Å². The zero-order chi connectivity index (χ0) is 12.5. The second-order valence-corrected chi connectivity index (χ2v) is 5.23. The third kappa shape index (κ3) is 2.16. The molecule has 2 aromatic rings. The smallest absolute Gasteiger partial charge is 0.134 e. The molecule has 1 aliphatic rings. The first-order valence-corrected chi connectivity index (χ1v) is 6.65. The van der Waals surface area contributed by atoms with Gasteiger partial charge in [-0.25, -0.2) is 0 Å². The van der Waals surface area contributed by atoms with Crippen LogP contribution in [-0.2, 0) is 0 Å². The van der Waals surface area contributed by atoms with E-state index in [2.05, 4.69) is 48.5 Å². The van der Waals surface area contributed by atoms with Crippen LogP contribution < -0.4 is 5.32 Å². The van der Waals surface area contributed by atoms with Crippen LogP contribution in [0.2, 0.25) is 0 Å². The highest BCUT2D eigenvalue weighted by molar-refractivity contribution is 5.78. The van der Waals surface area contributed by atoms with Gasteiger partial charge in [-0.1, -0.05) is 11.6 Å². The van der Waals surface area contributed by atoms with Gasteiger partial charge in [-0.05, 0) is 45.1 Å². The Hall–Kier alpha value is -1.32. The molecule has 1 saturated heterocycles. The molecule has 1 aliphatic heterocycles. The Labute approximate surface area is 108 Å². The van der Waals surface area contributed by atoms with Crippen molar-refractivity contribution in [1.29, 1.82) is 0 Å². The molecule has 3 heteroatoms. The molecule has 1 atom stereocenters. The molecule has 3 rings (SSSR count). The fraction of sp³-hybridized carbons (Fsp3) is 0.467. The van der Waals surface area contributed by atoms with Crippen molar-refractivity contribution in [1.82, 2.24) is 10.2 Å². The average molecular weight is 244 g/mol. The first-order chi connectivity index (χ1) is 8.74. The van der Waals surface area contributed by atoms with E-state index in [1.165, 1.54) is 10.9 Å².